The van der Waals surface area contributed by atoms with Gasteiger partial charge < -0.3 is 0 Å². The first-order valence-electron chi connectivity index (χ1n) is 23.9. The molecule has 0 saturated carbocycles. The van der Waals surface area contributed by atoms with E-state index in [1.807, 2.05) is 70.6 Å². The average Bonchev–Trinajstić information content (AvgIpc) is 3.84. The molecule has 0 saturated heterocycles. The third-order valence-corrected chi connectivity index (χ3v) is 22.3. The fourth-order valence-corrected chi connectivity index (χ4v) is 19.0. The monoisotopic (exact) mass is 942 g/mol. The normalized spacial score (nSPS) is 15.6. The van der Waals surface area contributed by atoms with Gasteiger partial charge in [0.15, 0.2) is 0 Å². The second-order valence-corrected chi connectivity index (χ2v) is 26.0. The molecule has 0 aromatic heterocycles. The lowest BCUT2D eigenvalue weighted by Crippen LogP contribution is -1.85. The maximum absolute atomic E-state index is 9.22. The first kappa shape index (κ1) is 55.1. The Hall–Kier alpha value is 1.000. The quantitative estimate of drug-likeness (QED) is 0.0553. The summed E-state index contributed by atoms with van der Waals surface area (Å²) >= 11 is 15.8. The summed E-state index contributed by atoms with van der Waals surface area (Å²) in [5.41, 5.74) is 0. The molecular weight excluding hydrogens is 861 g/mol. The van der Waals surface area contributed by atoms with E-state index in [9.17, 15) is 10.5 Å². The molecule has 0 radical (unpaired) electrons. The third kappa shape index (κ3) is 30.1. The minimum atomic E-state index is 0.604. The van der Waals surface area contributed by atoms with Crippen molar-refractivity contribution in [2.24, 2.45) is 0 Å². The van der Waals surface area contributed by atoms with Gasteiger partial charge in [0.25, 0.3) is 0 Å². The maximum Gasteiger partial charge on any atom is 0.0717 e. The van der Waals surface area contributed by atoms with Gasteiger partial charge in [0.2, 0.25) is 0 Å². The Balaban J connectivity index is 1.64. The van der Waals surface area contributed by atoms with E-state index in [-0.39, 0.29) is 0 Å². The van der Waals surface area contributed by atoms with Crippen molar-refractivity contribution in [1.29, 1.82) is 10.5 Å². The lowest BCUT2D eigenvalue weighted by atomic mass is 10.0. The van der Waals surface area contributed by atoms with E-state index < -0.39 is 0 Å². The maximum atomic E-state index is 9.22. The Bertz CT molecular complexity index is 1100. The molecule has 0 fully saturated rings. The Morgan fingerprint density at radius 2 is 0.517 bits per heavy atom. The summed E-state index contributed by atoms with van der Waals surface area (Å²) in [7, 11) is 0. The Morgan fingerprint density at radius 3 is 0.741 bits per heavy atom. The van der Waals surface area contributed by atoms with Crippen LogP contribution in [0.25, 0.3) is 0 Å². The van der Waals surface area contributed by atoms with Crippen LogP contribution in [0.1, 0.15) is 232 Å². The summed E-state index contributed by atoms with van der Waals surface area (Å²) in [6, 6.07) is 4.69. The molecule has 0 unspecified atom stereocenters. The van der Waals surface area contributed by atoms with Crippen molar-refractivity contribution in [1.82, 2.24) is 0 Å². The molecular formula is C48H82N2S8. The zero-order chi connectivity index (χ0) is 41.4. The van der Waals surface area contributed by atoms with E-state index in [0.717, 1.165) is 11.5 Å². The Kier molecular flexibility index (Phi) is 39.9. The van der Waals surface area contributed by atoms with E-state index in [4.69, 9.17) is 0 Å². The molecule has 2 heterocycles. The van der Waals surface area contributed by atoms with Crippen LogP contribution in [-0.2, 0) is 0 Å². The molecule has 2 nitrogen and oxygen atoms in total. The number of hydrogen-bond donors (Lipinski definition) is 0. The van der Waals surface area contributed by atoms with Crippen molar-refractivity contribution < 1.29 is 0 Å². The van der Waals surface area contributed by atoms with Gasteiger partial charge in [0, 0.05) is 24.3 Å². The van der Waals surface area contributed by atoms with Crippen LogP contribution in [0.2, 0.25) is 0 Å². The van der Waals surface area contributed by atoms with Crippen LogP contribution in [0.3, 0.4) is 0 Å². The van der Waals surface area contributed by atoms with Gasteiger partial charge >= 0.3 is 0 Å². The summed E-state index contributed by atoms with van der Waals surface area (Å²) < 4.78 is 8.62. The number of nitriles is 2. The van der Waals surface area contributed by atoms with Crippen molar-refractivity contribution in [3.8, 4) is 12.1 Å². The molecule has 2 aliphatic rings. The predicted octanol–water partition coefficient (Wildman–Crippen LogP) is 20.6. The highest BCUT2D eigenvalue weighted by Gasteiger charge is 2.30. The van der Waals surface area contributed by atoms with Crippen LogP contribution in [0.4, 0.5) is 0 Å². The fourth-order valence-electron chi connectivity index (χ4n) is 7.07. The zero-order valence-corrected chi connectivity index (χ0v) is 43.6. The standard InChI is InChI=1S/C48H82N2S8/c1-3-5-7-9-11-13-15-17-19-21-23-25-27-29-31-33-39-51-43-45(53-41-35-37-49)57-47(55-43)48-56-44(46(58-48)54-42-36-38-50)52-40-34-32-30-28-26-24-22-20-18-16-14-12-10-8-6-4-2/h3-36,39-42H2,1-2H3/b48-47-. The van der Waals surface area contributed by atoms with Gasteiger partial charge in [0.1, 0.15) is 0 Å². The summed E-state index contributed by atoms with van der Waals surface area (Å²) in [4.78, 5) is 0. The molecule has 0 N–H and O–H groups in total. The van der Waals surface area contributed by atoms with Crippen molar-refractivity contribution in [3.63, 3.8) is 0 Å². The molecule has 0 aliphatic carbocycles. The van der Waals surface area contributed by atoms with E-state index in [1.54, 1.807) is 0 Å². The van der Waals surface area contributed by atoms with Crippen molar-refractivity contribution >= 4 is 94.1 Å². The number of hydrogen-bond acceptors (Lipinski definition) is 10. The predicted molar refractivity (Wildman–Crippen MR) is 281 cm³/mol. The van der Waals surface area contributed by atoms with E-state index >= 15 is 0 Å². The topological polar surface area (TPSA) is 47.6 Å². The molecule has 332 valence electrons. The molecule has 0 bridgehead atoms. The molecule has 10 heteroatoms. The van der Waals surface area contributed by atoms with Gasteiger partial charge in [-0.2, -0.15) is 10.5 Å². The van der Waals surface area contributed by atoms with Crippen molar-refractivity contribution in [2.45, 2.75) is 232 Å². The van der Waals surface area contributed by atoms with Crippen LogP contribution in [0, 0.1) is 22.7 Å². The SMILES string of the molecule is CCCCCCCCCCCCCCCCCCSC1=C(SCCC#N)S/C(=C2\SC(SCCC#N)=C(SCCCCCCCCCCCCCCCCCC)S2)S1. The average molecular weight is 944 g/mol. The van der Waals surface area contributed by atoms with Crippen LogP contribution in [-0.4, -0.2) is 23.0 Å². The number of nitrogens with zero attached hydrogens (tertiary/aromatic N) is 2. The molecule has 58 heavy (non-hydrogen) atoms. The molecule has 0 spiro atoms. The van der Waals surface area contributed by atoms with E-state index in [1.165, 1.54) is 242 Å². The molecule has 2 aliphatic heterocycles. The van der Waals surface area contributed by atoms with Gasteiger partial charge in [-0.15, -0.1) is 47.0 Å². The fraction of sp³-hybridized carbons (Fsp3) is 0.833. The number of thioether (sulfide) groups is 8. The second kappa shape index (κ2) is 42.0. The van der Waals surface area contributed by atoms with Crippen molar-refractivity contribution in [3.05, 3.63) is 25.4 Å². The molecule has 0 aromatic rings. The van der Waals surface area contributed by atoms with Crippen LogP contribution >= 0.6 is 94.1 Å². The number of unbranched alkanes of at least 4 members (excludes halogenated alkanes) is 30. The highest BCUT2D eigenvalue weighted by atomic mass is 32.3. The third-order valence-electron chi connectivity index (χ3n) is 10.6. The summed E-state index contributed by atoms with van der Waals surface area (Å²) in [5.74, 6) is 4.14. The lowest BCUT2D eigenvalue weighted by Gasteiger charge is -2.05. The summed E-state index contributed by atoms with van der Waals surface area (Å²) in [6.07, 6.45) is 46.4. The molecule has 0 atom stereocenters. The first-order valence-corrected chi connectivity index (χ1v) is 31.1. The van der Waals surface area contributed by atoms with Crippen molar-refractivity contribution in [2.75, 3.05) is 23.0 Å². The highest BCUT2D eigenvalue weighted by molar-refractivity contribution is 8.45. The zero-order valence-electron chi connectivity index (χ0n) is 37.0. The van der Waals surface area contributed by atoms with E-state index in [0.29, 0.717) is 12.8 Å². The minimum Gasteiger partial charge on any atom is -0.198 e. The molecule has 2 rings (SSSR count). The first-order chi connectivity index (χ1) is 28.7. The number of rotatable bonds is 42. The van der Waals surface area contributed by atoms with Gasteiger partial charge in [-0.05, 0) is 24.3 Å². The second-order valence-electron chi connectivity index (χ2n) is 15.9. The van der Waals surface area contributed by atoms with Gasteiger partial charge in [-0.25, -0.2) is 0 Å². The largest absolute Gasteiger partial charge is 0.198 e. The Labute approximate surface area is 394 Å². The van der Waals surface area contributed by atoms with E-state index in [2.05, 4.69) is 49.5 Å². The van der Waals surface area contributed by atoms with Gasteiger partial charge in [-0.1, -0.05) is 254 Å². The lowest BCUT2D eigenvalue weighted by molar-refractivity contribution is 0.532. The highest BCUT2D eigenvalue weighted by Crippen LogP contribution is 2.66. The minimum absolute atomic E-state index is 0.604. The smallest absolute Gasteiger partial charge is 0.0717 e. The van der Waals surface area contributed by atoms with Crippen LogP contribution in [0.15, 0.2) is 25.4 Å². The van der Waals surface area contributed by atoms with Gasteiger partial charge in [-0.3, -0.25) is 0 Å². The van der Waals surface area contributed by atoms with Crippen LogP contribution in [0.5, 0.6) is 0 Å². The van der Waals surface area contributed by atoms with Gasteiger partial charge in [0.05, 0.1) is 37.6 Å². The van der Waals surface area contributed by atoms with Crippen LogP contribution < -0.4 is 0 Å². The molecule has 0 aromatic carbocycles. The molecule has 0 amide bonds. The Morgan fingerprint density at radius 1 is 0.310 bits per heavy atom. The summed E-state index contributed by atoms with van der Waals surface area (Å²) in [5, 5.41) is 18.4. The summed E-state index contributed by atoms with van der Waals surface area (Å²) in [6.45, 7) is 4.60.